The fourth-order valence-electron chi connectivity index (χ4n) is 3.25. The highest BCUT2D eigenvalue weighted by Gasteiger charge is 2.29. The van der Waals surface area contributed by atoms with Crippen LogP contribution in [-0.4, -0.2) is 27.4 Å². The molecule has 0 aliphatic carbocycles. The van der Waals surface area contributed by atoms with Gasteiger partial charge in [-0.25, -0.2) is 13.5 Å². The zero-order chi connectivity index (χ0) is 18.3. The highest BCUT2D eigenvalue weighted by molar-refractivity contribution is 6.05. The molecule has 0 fully saturated rings. The van der Waals surface area contributed by atoms with Crippen molar-refractivity contribution in [1.82, 2.24) is 15.0 Å². The molecule has 0 N–H and O–H groups in total. The number of fused-ring (bicyclic) bond motifs is 1. The molecular formula is C19H16F2N4O. The van der Waals surface area contributed by atoms with Gasteiger partial charge in [-0.1, -0.05) is 17.3 Å². The van der Waals surface area contributed by atoms with Gasteiger partial charge in [-0.2, -0.15) is 0 Å². The zero-order valence-corrected chi connectivity index (χ0v) is 14.1. The van der Waals surface area contributed by atoms with Crippen molar-refractivity contribution in [3.05, 3.63) is 71.1 Å². The number of aryl methyl sites for hydroxylation is 2. The topological polar surface area (TPSA) is 51.0 Å². The number of rotatable bonds is 2. The standard InChI is InChI=1S/C19H16F2N4O/c1-12-4-2-6-15(8-12)25-11-17(22-23-25)19(26)24-7-3-5-13-9-14(20)10-16(21)18(13)24/h2,4,6,8-11H,3,5,7H2,1H3. The van der Waals surface area contributed by atoms with Crippen LogP contribution in [-0.2, 0) is 6.42 Å². The van der Waals surface area contributed by atoms with E-state index in [1.165, 1.54) is 21.8 Å². The van der Waals surface area contributed by atoms with E-state index in [4.69, 9.17) is 0 Å². The van der Waals surface area contributed by atoms with Crippen molar-refractivity contribution in [2.75, 3.05) is 11.4 Å². The maximum Gasteiger partial charge on any atom is 0.280 e. The van der Waals surface area contributed by atoms with Crippen LogP contribution in [0.5, 0.6) is 0 Å². The van der Waals surface area contributed by atoms with Crippen LogP contribution in [0.4, 0.5) is 14.5 Å². The smallest absolute Gasteiger partial charge is 0.280 e. The number of amides is 1. The van der Waals surface area contributed by atoms with Gasteiger partial charge in [-0.3, -0.25) is 4.79 Å². The van der Waals surface area contributed by atoms with Gasteiger partial charge in [0.1, 0.15) is 11.6 Å². The van der Waals surface area contributed by atoms with Gasteiger partial charge in [0.05, 0.1) is 17.6 Å². The molecule has 0 radical (unpaired) electrons. The Balaban J connectivity index is 1.68. The Hall–Kier alpha value is -3.09. The van der Waals surface area contributed by atoms with Gasteiger partial charge < -0.3 is 4.90 Å². The summed E-state index contributed by atoms with van der Waals surface area (Å²) in [5, 5.41) is 7.94. The molecule has 3 aromatic rings. The van der Waals surface area contributed by atoms with E-state index >= 15 is 0 Å². The average Bonchev–Trinajstić information content (AvgIpc) is 3.10. The number of carbonyl (C=O) groups excluding carboxylic acids is 1. The van der Waals surface area contributed by atoms with Crippen LogP contribution >= 0.6 is 0 Å². The molecule has 2 heterocycles. The predicted molar refractivity (Wildman–Crippen MR) is 92.5 cm³/mol. The molecule has 0 atom stereocenters. The lowest BCUT2D eigenvalue weighted by Crippen LogP contribution is -2.36. The third-order valence-electron chi connectivity index (χ3n) is 4.43. The molecule has 0 spiro atoms. The molecule has 4 rings (SSSR count). The van der Waals surface area contributed by atoms with Crippen molar-refractivity contribution in [3.8, 4) is 5.69 Å². The van der Waals surface area contributed by atoms with Crippen LogP contribution < -0.4 is 4.90 Å². The summed E-state index contributed by atoms with van der Waals surface area (Å²) in [5.74, 6) is -1.82. The van der Waals surface area contributed by atoms with E-state index in [0.717, 1.165) is 17.3 Å². The van der Waals surface area contributed by atoms with Crippen LogP contribution in [0.25, 0.3) is 5.69 Å². The quantitative estimate of drug-likeness (QED) is 0.708. The molecule has 1 aromatic heterocycles. The lowest BCUT2D eigenvalue weighted by molar-refractivity contribution is 0.0979. The predicted octanol–water partition coefficient (Wildman–Crippen LogP) is 3.45. The fourth-order valence-corrected chi connectivity index (χ4v) is 3.25. The van der Waals surface area contributed by atoms with Crippen molar-refractivity contribution in [2.45, 2.75) is 19.8 Å². The Bertz CT molecular complexity index is 999. The number of aromatic nitrogens is 3. The summed E-state index contributed by atoms with van der Waals surface area (Å²) in [6.45, 7) is 2.31. The van der Waals surface area contributed by atoms with E-state index in [1.54, 1.807) is 0 Å². The van der Waals surface area contributed by atoms with Gasteiger partial charge in [-0.15, -0.1) is 5.10 Å². The highest BCUT2D eigenvalue weighted by atomic mass is 19.1. The second-order valence-corrected chi connectivity index (χ2v) is 6.34. The maximum absolute atomic E-state index is 14.3. The number of carbonyl (C=O) groups is 1. The number of nitrogens with zero attached hydrogens (tertiary/aromatic N) is 4. The second-order valence-electron chi connectivity index (χ2n) is 6.34. The molecule has 0 saturated heterocycles. The maximum atomic E-state index is 14.3. The zero-order valence-electron chi connectivity index (χ0n) is 14.1. The van der Waals surface area contributed by atoms with Gasteiger partial charge in [0.25, 0.3) is 5.91 Å². The lowest BCUT2D eigenvalue weighted by atomic mass is 10.0. The SMILES string of the molecule is Cc1cccc(-n2cc(C(=O)N3CCCc4cc(F)cc(F)c43)nn2)c1. The summed E-state index contributed by atoms with van der Waals surface area (Å²) in [7, 11) is 0. The summed E-state index contributed by atoms with van der Waals surface area (Å²) in [4.78, 5) is 14.2. The Morgan fingerprint density at radius 3 is 2.85 bits per heavy atom. The van der Waals surface area contributed by atoms with E-state index in [2.05, 4.69) is 10.3 Å². The van der Waals surface area contributed by atoms with Gasteiger partial charge >= 0.3 is 0 Å². The molecule has 2 aromatic carbocycles. The molecule has 0 bridgehead atoms. The molecule has 132 valence electrons. The van der Waals surface area contributed by atoms with Gasteiger partial charge in [0.2, 0.25) is 0 Å². The summed E-state index contributed by atoms with van der Waals surface area (Å²) >= 11 is 0. The van der Waals surface area contributed by atoms with Crippen molar-refractivity contribution < 1.29 is 13.6 Å². The summed E-state index contributed by atoms with van der Waals surface area (Å²) in [6, 6.07) is 9.70. The highest BCUT2D eigenvalue weighted by Crippen LogP contribution is 2.32. The Morgan fingerprint density at radius 2 is 2.04 bits per heavy atom. The molecule has 7 heteroatoms. The monoisotopic (exact) mass is 354 g/mol. The molecule has 1 aliphatic heterocycles. The van der Waals surface area contributed by atoms with Crippen LogP contribution in [0.3, 0.4) is 0 Å². The van der Waals surface area contributed by atoms with E-state index in [0.29, 0.717) is 24.9 Å². The lowest BCUT2D eigenvalue weighted by Gasteiger charge is -2.29. The van der Waals surface area contributed by atoms with Crippen LogP contribution in [0, 0.1) is 18.6 Å². The summed E-state index contributed by atoms with van der Waals surface area (Å²) in [5.41, 5.74) is 2.58. The Kier molecular flexibility index (Phi) is 3.99. The van der Waals surface area contributed by atoms with Crippen molar-refractivity contribution >= 4 is 11.6 Å². The summed E-state index contributed by atoms with van der Waals surface area (Å²) in [6.07, 6.45) is 2.68. The third kappa shape index (κ3) is 2.85. The number of benzene rings is 2. The first-order valence-corrected chi connectivity index (χ1v) is 8.32. The van der Waals surface area contributed by atoms with Crippen LogP contribution in [0.2, 0.25) is 0 Å². The summed E-state index contributed by atoms with van der Waals surface area (Å²) < 4.78 is 29.3. The number of anilines is 1. The van der Waals surface area contributed by atoms with E-state index in [9.17, 15) is 13.6 Å². The first-order valence-electron chi connectivity index (χ1n) is 8.32. The minimum atomic E-state index is -0.737. The molecule has 1 amide bonds. The first kappa shape index (κ1) is 16.4. The van der Waals surface area contributed by atoms with Gasteiger partial charge in [-0.05, 0) is 49.1 Å². The second kappa shape index (κ2) is 6.33. The third-order valence-corrected chi connectivity index (χ3v) is 4.43. The normalized spacial score (nSPS) is 13.6. The largest absolute Gasteiger partial charge is 0.304 e. The minimum absolute atomic E-state index is 0.114. The molecular weight excluding hydrogens is 338 g/mol. The number of hydrogen-bond donors (Lipinski definition) is 0. The van der Waals surface area contributed by atoms with E-state index in [-0.39, 0.29) is 11.4 Å². The van der Waals surface area contributed by atoms with E-state index < -0.39 is 17.5 Å². The Labute approximate surface area is 148 Å². The van der Waals surface area contributed by atoms with Crippen molar-refractivity contribution in [2.24, 2.45) is 0 Å². The van der Waals surface area contributed by atoms with Crippen molar-refractivity contribution in [1.29, 1.82) is 0 Å². The number of hydrogen-bond acceptors (Lipinski definition) is 3. The first-order chi connectivity index (χ1) is 12.5. The number of halogens is 2. The van der Waals surface area contributed by atoms with Gasteiger partial charge in [0.15, 0.2) is 5.69 Å². The molecule has 26 heavy (non-hydrogen) atoms. The molecule has 5 nitrogen and oxygen atoms in total. The van der Waals surface area contributed by atoms with Crippen LogP contribution in [0.15, 0.2) is 42.6 Å². The molecule has 1 aliphatic rings. The minimum Gasteiger partial charge on any atom is -0.304 e. The van der Waals surface area contributed by atoms with Crippen LogP contribution in [0.1, 0.15) is 28.0 Å². The van der Waals surface area contributed by atoms with Crippen molar-refractivity contribution in [3.63, 3.8) is 0 Å². The molecule has 0 saturated carbocycles. The average molecular weight is 354 g/mol. The fraction of sp³-hybridized carbons (Fsp3) is 0.211. The Morgan fingerprint density at radius 1 is 1.19 bits per heavy atom. The van der Waals surface area contributed by atoms with Gasteiger partial charge in [0, 0.05) is 12.6 Å². The molecule has 0 unspecified atom stereocenters. The van der Waals surface area contributed by atoms with E-state index in [1.807, 2.05) is 31.2 Å².